The van der Waals surface area contributed by atoms with E-state index in [1.807, 2.05) is 30.3 Å². The summed E-state index contributed by atoms with van der Waals surface area (Å²) in [7, 11) is -3.83. The normalized spacial score (nSPS) is 12.2. The van der Waals surface area contributed by atoms with Crippen LogP contribution in [0.25, 0.3) is 10.8 Å². The molecule has 9 heteroatoms. The van der Waals surface area contributed by atoms with Gasteiger partial charge in [0.05, 0.1) is 22.0 Å². The smallest absolute Gasteiger partial charge is 0.238 e. The Kier molecular flexibility index (Phi) is 5.52. The van der Waals surface area contributed by atoms with E-state index in [1.165, 1.54) is 24.3 Å². The van der Waals surface area contributed by atoms with Gasteiger partial charge in [-0.3, -0.25) is 0 Å². The molecule has 0 fully saturated rings. The van der Waals surface area contributed by atoms with Crippen LogP contribution in [-0.4, -0.2) is 13.5 Å². The highest BCUT2D eigenvalue weighted by atomic mass is 32.2. The highest BCUT2D eigenvalue weighted by Crippen LogP contribution is 2.37. The second kappa shape index (κ2) is 8.42. The number of azo groups is 2. The predicted molar refractivity (Wildman–Crippen MR) is 118 cm³/mol. The Hall–Kier alpha value is -3.95. The van der Waals surface area contributed by atoms with Gasteiger partial charge in [-0.05, 0) is 60.0 Å². The van der Waals surface area contributed by atoms with Crippen molar-refractivity contribution in [2.45, 2.75) is 4.90 Å². The zero-order chi connectivity index (χ0) is 21.8. The second-order valence-electron chi connectivity index (χ2n) is 6.61. The van der Waals surface area contributed by atoms with Crippen molar-refractivity contribution in [3.63, 3.8) is 0 Å². The molecular formula is C22H17N5O3S. The summed E-state index contributed by atoms with van der Waals surface area (Å²) in [4.78, 5) is -0.0196. The number of phenols is 1. The molecule has 0 aliphatic rings. The molecule has 8 nitrogen and oxygen atoms in total. The molecule has 0 unspecified atom stereocenters. The molecule has 0 aliphatic heterocycles. The number of hydrogen-bond donors (Lipinski definition) is 2. The molecule has 0 aliphatic carbocycles. The number of fused-ring (bicyclic) bond motifs is 1. The molecule has 0 saturated heterocycles. The third-order valence-corrected chi connectivity index (χ3v) is 5.33. The lowest BCUT2D eigenvalue weighted by Gasteiger charge is -2.06. The van der Waals surface area contributed by atoms with Crippen LogP contribution in [0.15, 0.2) is 110 Å². The molecule has 0 aromatic heterocycles. The maximum absolute atomic E-state index is 11.6. The Bertz CT molecular complexity index is 1400. The molecule has 0 amide bonds. The van der Waals surface area contributed by atoms with Gasteiger partial charge in [0.1, 0.15) is 11.4 Å². The Balaban J connectivity index is 1.59. The lowest BCUT2D eigenvalue weighted by Crippen LogP contribution is -2.11. The zero-order valence-electron chi connectivity index (χ0n) is 16.1. The molecule has 0 atom stereocenters. The van der Waals surface area contributed by atoms with Crippen LogP contribution in [0.5, 0.6) is 5.75 Å². The number of rotatable bonds is 5. The SMILES string of the molecule is NS(=O)(=O)c1ccc2c(/N=N/c3ccc(/N=N/c4ccccc4)cc3)c(O)ccc2c1. The Labute approximate surface area is 178 Å². The molecule has 4 aromatic rings. The molecule has 0 bridgehead atoms. The first-order valence-electron chi connectivity index (χ1n) is 9.17. The minimum atomic E-state index is -3.83. The van der Waals surface area contributed by atoms with E-state index < -0.39 is 10.0 Å². The van der Waals surface area contributed by atoms with E-state index in [0.29, 0.717) is 22.1 Å². The van der Waals surface area contributed by atoms with Crippen molar-refractivity contribution in [3.8, 4) is 5.75 Å². The standard InChI is InChI=1S/C22H17N5O3S/c23-31(29,30)19-11-12-20-15(14-19)6-13-21(28)22(20)27-26-18-9-7-17(8-10-18)25-24-16-4-2-1-3-5-16/h1-14,28H,(H2,23,29,30)/b25-24+,27-26+. The lowest BCUT2D eigenvalue weighted by molar-refractivity contribution is 0.477. The monoisotopic (exact) mass is 431 g/mol. The van der Waals surface area contributed by atoms with Crippen LogP contribution in [0.2, 0.25) is 0 Å². The van der Waals surface area contributed by atoms with Crippen molar-refractivity contribution in [2.75, 3.05) is 0 Å². The number of sulfonamides is 1. The van der Waals surface area contributed by atoms with Gasteiger partial charge in [-0.15, -0.1) is 5.11 Å². The predicted octanol–water partition coefficient (Wildman–Crippen LogP) is 6.02. The molecule has 0 radical (unpaired) electrons. The topological polar surface area (TPSA) is 130 Å². The Morgan fingerprint density at radius 3 is 1.87 bits per heavy atom. The third-order valence-electron chi connectivity index (χ3n) is 4.42. The van der Waals surface area contributed by atoms with Gasteiger partial charge in [-0.1, -0.05) is 30.3 Å². The molecule has 3 N–H and O–H groups in total. The summed E-state index contributed by atoms with van der Waals surface area (Å²) in [5, 5.41) is 33.2. The quantitative estimate of drug-likeness (QED) is 0.374. The van der Waals surface area contributed by atoms with E-state index in [2.05, 4.69) is 20.5 Å². The van der Waals surface area contributed by atoms with Gasteiger partial charge in [0.2, 0.25) is 10.0 Å². The van der Waals surface area contributed by atoms with Crippen LogP contribution in [-0.2, 0) is 10.0 Å². The van der Waals surface area contributed by atoms with Gasteiger partial charge < -0.3 is 5.11 Å². The summed E-state index contributed by atoms with van der Waals surface area (Å²) in [6.07, 6.45) is 0. The van der Waals surface area contributed by atoms with Crippen LogP contribution in [0.3, 0.4) is 0 Å². The summed E-state index contributed by atoms with van der Waals surface area (Å²) < 4.78 is 23.1. The first-order chi connectivity index (χ1) is 14.9. The highest BCUT2D eigenvalue weighted by Gasteiger charge is 2.12. The van der Waals surface area contributed by atoms with E-state index in [9.17, 15) is 13.5 Å². The number of primary sulfonamides is 1. The number of benzene rings is 4. The molecule has 0 saturated carbocycles. The van der Waals surface area contributed by atoms with Gasteiger partial charge in [-0.25, -0.2) is 13.6 Å². The van der Waals surface area contributed by atoms with Gasteiger partial charge in [0.25, 0.3) is 0 Å². The van der Waals surface area contributed by atoms with Crippen molar-refractivity contribution in [2.24, 2.45) is 25.6 Å². The van der Waals surface area contributed by atoms with E-state index in [0.717, 1.165) is 5.69 Å². The summed E-state index contributed by atoms with van der Waals surface area (Å²) in [6, 6.07) is 23.7. The molecule has 4 aromatic carbocycles. The zero-order valence-corrected chi connectivity index (χ0v) is 16.9. The minimum absolute atomic E-state index is 0.0196. The molecule has 154 valence electrons. The van der Waals surface area contributed by atoms with Gasteiger partial charge >= 0.3 is 0 Å². The highest BCUT2D eigenvalue weighted by molar-refractivity contribution is 7.89. The first-order valence-corrected chi connectivity index (χ1v) is 10.7. The maximum atomic E-state index is 11.6. The first kappa shape index (κ1) is 20.3. The number of hydrogen-bond acceptors (Lipinski definition) is 7. The fourth-order valence-electron chi connectivity index (χ4n) is 2.87. The lowest BCUT2D eigenvalue weighted by atomic mass is 10.1. The van der Waals surface area contributed by atoms with Gasteiger partial charge in [0.15, 0.2) is 0 Å². The second-order valence-corrected chi connectivity index (χ2v) is 8.17. The van der Waals surface area contributed by atoms with E-state index >= 15 is 0 Å². The van der Waals surface area contributed by atoms with Crippen molar-refractivity contribution in [1.29, 1.82) is 0 Å². The number of nitrogens with zero attached hydrogens (tertiary/aromatic N) is 4. The van der Waals surface area contributed by atoms with Crippen LogP contribution in [0.4, 0.5) is 22.7 Å². The molecular weight excluding hydrogens is 414 g/mol. The molecule has 0 spiro atoms. The van der Waals surface area contributed by atoms with Crippen LogP contribution >= 0.6 is 0 Å². The summed E-state index contributed by atoms with van der Waals surface area (Å²) in [6.45, 7) is 0. The fraction of sp³-hybridized carbons (Fsp3) is 0. The molecule has 4 rings (SSSR count). The fourth-order valence-corrected chi connectivity index (χ4v) is 3.41. The van der Waals surface area contributed by atoms with Crippen molar-refractivity contribution in [1.82, 2.24) is 0 Å². The van der Waals surface area contributed by atoms with Crippen molar-refractivity contribution < 1.29 is 13.5 Å². The van der Waals surface area contributed by atoms with Crippen LogP contribution in [0, 0.1) is 0 Å². The number of nitrogens with two attached hydrogens (primary N) is 1. The molecule has 31 heavy (non-hydrogen) atoms. The number of phenolic OH excluding ortho intramolecular Hbond substituents is 1. The third kappa shape index (κ3) is 4.80. The van der Waals surface area contributed by atoms with E-state index in [-0.39, 0.29) is 16.3 Å². The van der Waals surface area contributed by atoms with Crippen LogP contribution in [0.1, 0.15) is 0 Å². The number of aromatic hydroxyl groups is 1. The van der Waals surface area contributed by atoms with E-state index in [1.54, 1.807) is 30.3 Å². The van der Waals surface area contributed by atoms with Gasteiger partial charge in [-0.2, -0.15) is 15.3 Å². The summed E-state index contributed by atoms with van der Waals surface area (Å²) in [5.74, 6) is -0.0760. The summed E-state index contributed by atoms with van der Waals surface area (Å²) in [5.41, 5.74) is 2.19. The molecule has 0 heterocycles. The average Bonchev–Trinajstić information content (AvgIpc) is 2.77. The van der Waals surface area contributed by atoms with Crippen molar-refractivity contribution >= 4 is 43.5 Å². The minimum Gasteiger partial charge on any atom is -0.506 e. The Morgan fingerprint density at radius 2 is 1.26 bits per heavy atom. The van der Waals surface area contributed by atoms with Gasteiger partial charge in [0, 0.05) is 5.39 Å². The van der Waals surface area contributed by atoms with Crippen molar-refractivity contribution in [3.05, 3.63) is 84.9 Å². The largest absolute Gasteiger partial charge is 0.506 e. The van der Waals surface area contributed by atoms with E-state index in [4.69, 9.17) is 5.14 Å². The van der Waals surface area contributed by atoms with Crippen LogP contribution < -0.4 is 5.14 Å². The Morgan fingerprint density at radius 1 is 0.677 bits per heavy atom. The summed E-state index contributed by atoms with van der Waals surface area (Å²) >= 11 is 0. The maximum Gasteiger partial charge on any atom is 0.238 e. The average molecular weight is 431 g/mol.